The third kappa shape index (κ3) is 69.2. The van der Waals surface area contributed by atoms with Gasteiger partial charge in [-0.2, -0.15) is 0 Å². The van der Waals surface area contributed by atoms with Crippen LogP contribution in [-0.2, 0) is 14.3 Å². The molecular weight excluding hydrogens is 1030 g/mol. The van der Waals surface area contributed by atoms with Gasteiger partial charge in [0.25, 0.3) is 0 Å². The predicted molar refractivity (Wildman–Crippen MR) is 370 cm³/mol. The Morgan fingerprint density at radius 1 is 0.321 bits per heavy atom. The lowest BCUT2D eigenvalue weighted by atomic mass is 10.0. The number of allylic oxidation sites excluding steroid dienone is 5. The van der Waals surface area contributed by atoms with E-state index in [1.165, 1.54) is 353 Å². The van der Waals surface area contributed by atoms with E-state index in [0.717, 1.165) is 44.9 Å². The van der Waals surface area contributed by atoms with Crippen LogP contribution in [-0.4, -0.2) is 47.4 Å². The largest absolute Gasteiger partial charge is 0.466 e. The van der Waals surface area contributed by atoms with Crippen LogP contribution in [0.1, 0.15) is 425 Å². The second-order valence-electron chi connectivity index (χ2n) is 26.3. The highest BCUT2D eigenvalue weighted by atomic mass is 16.5. The molecule has 496 valence electrons. The lowest BCUT2D eigenvalue weighted by Crippen LogP contribution is -2.45. The Morgan fingerprint density at radius 2 is 0.560 bits per heavy atom. The molecule has 6 heteroatoms. The van der Waals surface area contributed by atoms with Gasteiger partial charge in [-0.3, -0.25) is 9.59 Å². The number of aliphatic hydroxyl groups excluding tert-OH is 2. The van der Waals surface area contributed by atoms with E-state index >= 15 is 0 Å². The fraction of sp³-hybridized carbons (Fsp3) is 0.897. The molecule has 2 unspecified atom stereocenters. The van der Waals surface area contributed by atoms with Crippen molar-refractivity contribution < 1.29 is 24.5 Å². The van der Waals surface area contributed by atoms with Gasteiger partial charge in [0.2, 0.25) is 5.91 Å². The molecule has 0 saturated heterocycles. The molecule has 0 aliphatic heterocycles. The van der Waals surface area contributed by atoms with E-state index in [4.69, 9.17) is 4.74 Å². The van der Waals surface area contributed by atoms with Gasteiger partial charge in [-0.05, 0) is 83.5 Å². The average Bonchev–Trinajstić information content (AvgIpc) is 3.54. The molecule has 0 aliphatic rings. The van der Waals surface area contributed by atoms with E-state index in [2.05, 4.69) is 43.5 Å². The zero-order valence-corrected chi connectivity index (χ0v) is 56.9. The minimum absolute atomic E-state index is 0.0177. The number of nitrogens with one attached hydrogen (secondary N) is 1. The summed E-state index contributed by atoms with van der Waals surface area (Å²) in [5, 5.41) is 23.2. The van der Waals surface area contributed by atoms with Crippen molar-refractivity contribution in [2.24, 2.45) is 0 Å². The summed E-state index contributed by atoms with van der Waals surface area (Å²) in [6.45, 7) is 4.93. The zero-order valence-electron chi connectivity index (χ0n) is 56.9. The summed E-state index contributed by atoms with van der Waals surface area (Å²) in [4.78, 5) is 24.6. The number of aliphatic hydroxyl groups is 2. The molecule has 1 amide bonds. The fourth-order valence-electron chi connectivity index (χ4n) is 12.0. The van der Waals surface area contributed by atoms with Gasteiger partial charge in [0.15, 0.2) is 0 Å². The number of esters is 1. The van der Waals surface area contributed by atoms with Crippen LogP contribution in [0.4, 0.5) is 0 Å². The summed E-state index contributed by atoms with van der Waals surface area (Å²) in [6, 6.07) is -0.625. The van der Waals surface area contributed by atoms with Crippen LogP contribution in [0, 0.1) is 0 Å². The topological polar surface area (TPSA) is 95.9 Å². The van der Waals surface area contributed by atoms with Crippen molar-refractivity contribution in [3.05, 3.63) is 36.5 Å². The Labute approximate surface area is 525 Å². The Morgan fingerprint density at radius 3 is 0.845 bits per heavy atom. The van der Waals surface area contributed by atoms with Crippen molar-refractivity contribution in [2.75, 3.05) is 13.2 Å². The third-order valence-electron chi connectivity index (χ3n) is 17.9. The minimum atomic E-state index is -0.841. The number of ether oxygens (including phenoxy) is 1. The van der Waals surface area contributed by atoms with E-state index in [9.17, 15) is 19.8 Å². The second-order valence-corrected chi connectivity index (χ2v) is 26.3. The van der Waals surface area contributed by atoms with Crippen LogP contribution in [0.15, 0.2) is 36.5 Å². The maximum absolute atomic E-state index is 12.5. The summed E-state index contributed by atoms with van der Waals surface area (Å²) in [6.07, 6.45) is 95.5. The molecule has 84 heavy (non-hydrogen) atoms. The lowest BCUT2D eigenvalue weighted by Gasteiger charge is -2.20. The second kappa shape index (κ2) is 73.5. The Hall–Kier alpha value is -1.92. The Bertz CT molecular complexity index is 1360. The number of amides is 1. The van der Waals surface area contributed by atoms with Crippen molar-refractivity contribution in [3.63, 3.8) is 0 Å². The Kier molecular flexibility index (Phi) is 71.9. The first-order chi connectivity index (χ1) is 41.5. The van der Waals surface area contributed by atoms with Crippen LogP contribution in [0.5, 0.6) is 0 Å². The minimum Gasteiger partial charge on any atom is -0.466 e. The number of hydrogen-bond acceptors (Lipinski definition) is 5. The summed E-state index contributed by atoms with van der Waals surface area (Å²) in [5.41, 5.74) is 0. The van der Waals surface area contributed by atoms with Gasteiger partial charge in [-0.15, -0.1) is 0 Å². The summed E-state index contributed by atoms with van der Waals surface area (Å²) >= 11 is 0. The lowest BCUT2D eigenvalue weighted by molar-refractivity contribution is -0.143. The highest BCUT2D eigenvalue weighted by Crippen LogP contribution is 2.19. The van der Waals surface area contributed by atoms with Crippen LogP contribution in [0.3, 0.4) is 0 Å². The van der Waals surface area contributed by atoms with Crippen LogP contribution in [0.25, 0.3) is 0 Å². The maximum Gasteiger partial charge on any atom is 0.305 e. The van der Waals surface area contributed by atoms with Crippen LogP contribution < -0.4 is 5.32 Å². The molecule has 0 aromatic carbocycles. The molecule has 0 rings (SSSR count). The molecule has 2 atom stereocenters. The zero-order chi connectivity index (χ0) is 60.6. The van der Waals surface area contributed by atoms with E-state index in [1.54, 1.807) is 6.08 Å². The van der Waals surface area contributed by atoms with Crippen molar-refractivity contribution in [1.82, 2.24) is 5.32 Å². The van der Waals surface area contributed by atoms with Gasteiger partial charge in [0.05, 0.1) is 25.4 Å². The molecule has 0 aromatic rings. The standard InChI is InChI=1S/C78H149NO5/c1-3-5-7-9-11-13-15-17-19-20-41-44-48-52-56-60-64-68-72-78(83)84-73-69-65-61-57-53-49-45-42-39-37-35-33-31-29-27-25-23-21-22-24-26-28-30-32-34-36-38-40-43-47-51-55-59-63-67-71-77(82)79-75(74-80)76(81)70-66-62-58-54-50-46-18-16-14-12-10-8-6-4-2/h19-20,23,25,66,70,75-76,80-81H,3-18,21-22,24,26-65,67-69,71-74H2,1-2H3,(H,79,82)/b20-19-,25-23-,70-66+. The highest BCUT2D eigenvalue weighted by Gasteiger charge is 2.18. The summed E-state index contributed by atoms with van der Waals surface area (Å²) in [7, 11) is 0. The molecule has 6 nitrogen and oxygen atoms in total. The predicted octanol–water partition coefficient (Wildman–Crippen LogP) is 25.0. The molecule has 0 aliphatic carbocycles. The maximum atomic E-state index is 12.5. The van der Waals surface area contributed by atoms with E-state index in [1.807, 2.05) is 6.08 Å². The van der Waals surface area contributed by atoms with Crippen molar-refractivity contribution >= 4 is 11.9 Å². The van der Waals surface area contributed by atoms with Crippen LogP contribution in [0.2, 0.25) is 0 Å². The average molecular weight is 1180 g/mol. The van der Waals surface area contributed by atoms with Gasteiger partial charge < -0.3 is 20.3 Å². The van der Waals surface area contributed by atoms with Gasteiger partial charge in [-0.1, -0.05) is 365 Å². The Balaban J connectivity index is 3.34. The quantitative estimate of drug-likeness (QED) is 0.0320. The number of carbonyl (C=O) groups excluding carboxylic acids is 2. The van der Waals surface area contributed by atoms with Gasteiger partial charge in [0, 0.05) is 12.8 Å². The molecule has 0 spiro atoms. The fourth-order valence-corrected chi connectivity index (χ4v) is 12.0. The molecule has 0 saturated carbocycles. The van der Waals surface area contributed by atoms with E-state index in [0.29, 0.717) is 19.4 Å². The molecule has 0 bridgehead atoms. The van der Waals surface area contributed by atoms with Gasteiger partial charge in [0.1, 0.15) is 0 Å². The third-order valence-corrected chi connectivity index (χ3v) is 17.9. The number of hydrogen-bond donors (Lipinski definition) is 3. The summed E-state index contributed by atoms with van der Waals surface area (Å²) in [5.74, 6) is -0.0447. The monoisotopic (exact) mass is 1180 g/mol. The first-order valence-electron chi connectivity index (χ1n) is 38.3. The van der Waals surface area contributed by atoms with Gasteiger partial charge in [-0.25, -0.2) is 0 Å². The molecular formula is C78H149NO5. The van der Waals surface area contributed by atoms with Crippen molar-refractivity contribution in [1.29, 1.82) is 0 Å². The molecule has 0 heterocycles. The normalized spacial score (nSPS) is 12.7. The smallest absolute Gasteiger partial charge is 0.305 e. The first-order valence-corrected chi connectivity index (χ1v) is 38.3. The number of unbranched alkanes of at least 4 members (excludes halogenated alkanes) is 57. The first kappa shape index (κ1) is 82.1. The van der Waals surface area contributed by atoms with E-state index in [-0.39, 0.29) is 18.5 Å². The van der Waals surface area contributed by atoms with Gasteiger partial charge >= 0.3 is 5.97 Å². The van der Waals surface area contributed by atoms with Crippen LogP contribution >= 0.6 is 0 Å². The molecule has 0 radical (unpaired) electrons. The van der Waals surface area contributed by atoms with Crippen molar-refractivity contribution in [3.8, 4) is 0 Å². The number of carbonyl (C=O) groups is 2. The molecule has 0 fully saturated rings. The van der Waals surface area contributed by atoms with Crippen molar-refractivity contribution in [2.45, 2.75) is 437 Å². The summed E-state index contributed by atoms with van der Waals surface area (Å²) < 4.78 is 5.51. The molecule has 3 N–H and O–H groups in total. The number of rotatable bonds is 72. The highest BCUT2D eigenvalue weighted by molar-refractivity contribution is 5.76. The SMILES string of the molecule is CCCCCCCCC/C=C\CCCCCCCCCC(=O)OCCCCCCCCCCCCCCCC/C=C\CCCCCCCCCCCCCCCCCCCC(=O)NC(CO)C(O)/C=C/CCCCCCCCCCCCCC. The molecule has 0 aromatic heterocycles. The van der Waals surface area contributed by atoms with E-state index < -0.39 is 12.1 Å².